The molecule has 2 N–H and O–H groups in total. The van der Waals surface area contributed by atoms with Crippen LogP contribution in [-0.2, 0) is 27.1 Å². The molecule has 2 amide bonds. The van der Waals surface area contributed by atoms with Crippen molar-refractivity contribution in [1.82, 2.24) is 20.0 Å². The van der Waals surface area contributed by atoms with E-state index in [0.717, 1.165) is 37.2 Å². The number of alkyl carbamates (subject to hydrolysis) is 1. The minimum absolute atomic E-state index is 0.125. The summed E-state index contributed by atoms with van der Waals surface area (Å²) in [6.07, 6.45) is 1.49. The SMILES string of the molecule is CN1CCC(c2ccccc2)(c2cc(NC(=O)CCNC(=O)OCc3ccccc3)n(C(C)(C)C)n2)CC1. The van der Waals surface area contributed by atoms with Crippen molar-refractivity contribution >= 4 is 17.8 Å². The minimum atomic E-state index is -0.546. The molecule has 0 atom stereocenters. The van der Waals surface area contributed by atoms with Crippen LogP contribution in [0.25, 0.3) is 0 Å². The van der Waals surface area contributed by atoms with E-state index in [2.05, 4.69) is 67.6 Å². The fourth-order valence-corrected chi connectivity index (χ4v) is 4.92. The Balaban J connectivity index is 1.44. The molecule has 0 aliphatic carbocycles. The third-order valence-electron chi connectivity index (χ3n) is 7.10. The summed E-state index contributed by atoms with van der Waals surface area (Å²) in [6, 6.07) is 22.1. The molecule has 0 unspecified atom stereocenters. The summed E-state index contributed by atoms with van der Waals surface area (Å²) in [5.74, 6) is 0.473. The second kappa shape index (κ2) is 11.8. The standard InChI is InChI=1S/C30H39N5O3/c1-29(2,3)35-26(32-27(36)15-18-31-28(37)38-22-23-11-7-5-8-12-23)21-25(33-35)30(16-19-34(4)20-17-30)24-13-9-6-10-14-24/h5-14,21H,15-20,22H2,1-4H3,(H,31,37)(H,32,36). The molecule has 8 heteroatoms. The molecule has 0 radical (unpaired) electrons. The zero-order valence-electron chi connectivity index (χ0n) is 22.9. The van der Waals surface area contributed by atoms with Crippen LogP contribution in [0.2, 0.25) is 0 Å². The predicted octanol–water partition coefficient (Wildman–Crippen LogP) is 4.90. The topological polar surface area (TPSA) is 88.5 Å². The highest BCUT2D eigenvalue weighted by molar-refractivity contribution is 5.90. The van der Waals surface area contributed by atoms with E-state index in [9.17, 15) is 9.59 Å². The molecule has 1 fully saturated rings. The monoisotopic (exact) mass is 517 g/mol. The average molecular weight is 518 g/mol. The smallest absolute Gasteiger partial charge is 0.407 e. The zero-order chi connectivity index (χ0) is 27.2. The first-order chi connectivity index (χ1) is 18.2. The number of carbonyl (C=O) groups is 2. The molecule has 3 aromatic rings. The third-order valence-corrected chi connectivity index (χ3v) is 7.10. The molecule has 1 aliphatic rings. The van der Waals surface area contributed by atoms with Crippen LogP contribution in [0.1, 0.15) is 56.9 Å². The predicted molar refractivity (Wildman–Crippen MR) is 149 cm³/mol. The van der Waals surface area contributed by atoms with Crippen molar-refractivity contribution in [3.8, 4) is 0 Å². The van der Waals surface area contributed by atoms with E-state index in [4.69, 9.17) is 9.84 Å². The van der Waals surface area contributed by atoms with Crippen molar-refractivity contribution in [3.05, 3.63) is 83.6 Å². The molecule has 38 heavy (non-hydrogen) atoms. The Morgan fingerprint density at radius 3 is 2.26 bits per heavy atom. The fourth-order valence-electron chi connectivity index (χ4n) is 4.92. The van der Waals surface area contributed by atoms with Crippen LogP contribution < -0.4 is 10.6 Å². The molecule has 4 rings (SSSR count). The lowest BCUT2D eigenvalue weighted by atomic mass is 9.70. The number of nitrogens with zero attached hydrogens (tertiary/aromatic N) is 3. The first-order valence-corrected chi connectivity index (χ1v) is 13.3. The van der Waals surface area contributed by atoms with Gasteiger partial charge >= 0.3 is 6.09 Å². The number of likely N-dealkylation sites (tertiary alicyclic amines) is 1. The van der Waals surface area contributed by atoms with Crippen LogP contribution in [0, 0.1) is 0 Å². The van der Waals surface area contributed by atoms with Gasteiger partial charge in [0.1, 0.15) is 12.4 Å². The Bertz CT molecular complexity index is 1210. The van der Waals surface area contributed by atoms with E-state index in [1.54, 1.807) is 0 Å². The van der Waals surface area contributed by atoms with Gasteiger partial charge in [-0.3, -0.25) is 4.79 Å². The Labute approximate surface area is 225 Å². The lowest BCUT2D eigenvalue weighted by Gasteiger charge is -2.40. The van der Waals surface area contributed by atoms with E-state index in [-0.39, 0.29) is 36.4 Å². The summed E-state index contributed by atoms with van der Waals surface area (Å²) in [5.41, 5.74) is 2.59. The molecule has 2 heterocycles. The minimum Gasteiger partial charge on any atom is -0.445 e. The number of hydrogen-bond donors (Lipinski definition) is 2. The Morgan fingerprint density at radius 2 is 1.63 bits per heavy atom. The van der Waals surface area contributed by atoms with Gasteiger partial charge in [-0.25, -0.2) is 9.48 Å². The van der Waals surface area contributed by atoms with Gasteiger partial charge < -0.3 is 20.3 Å². The van der Waals surface area contributed by atoms with Crippen molar-refractivity contribution in [2.75, 3.05) is 32.0 Å². The summed E-state index contributed by atoms with van der Waals surface area (Å²) in [6.45, 7) is 8.55. The van der Waals surface area contributed by atoms with Gasteiger partial charge in [0, 0.05) is 24.4 Å². The Hall–Kier alpha value is -3.65. The first-order valence-electron chi connectivity index (χ1n) is 13.3. The number of nitrogens with one attached hydrogen (secondary N) is 2. The number of rotatable bonds is 8. The first kappa shape index (κ1) is 27.4. The van der Waals surface area contributed by atoms with E-state index in [1.807, 2.05) is 47.1 Å². The molecule has 1 aromatic heterocycles. The van der Waals surface area contributed by atoms with Crippen LogP contribution in [-0.4, -0.2) is 53.4 Å². The van der Waals surface area contributed by atoms with Crippen molar-refractivity contribution in [2.45, 2.75) is 57.6 Å². The molecule has 1 saturated heterocycles. The maximum absolute atomic E-state index is 12.9. The molecular formula is C30H39N5O3. The summed E-state index contributed by atoms with van der Waals surface area (Å²) in [7, 11) is 2.15. The molecule has 2 aromatic carbocycles. The van der Waals surface area contributed by atoms with Gasteiger partial charge in [0.15, 0.2) is 0 Å². The normalized spacial score (nSPS) is 15.6. The largest absolute Gasteiger partial charge is 0.445 e. The molecule has 0 bridgehead atoms. The highest BCUT2D eigenvalue weighted by Crippen LogP contribution is 2.42. The molecule has 0 spiro atoms. The van der Waals surface area contributed by atoms with Gasteiger partial charge in [-0.15, -0.1) is 0 Å². The Kier molecular flexibility index (Phi) is 8.52. The summed E-state index contributed by atoms with van der Waals surface area (Å²) in [5, 5.41) is 10.8. The van der Waals surface area contributed by atoms with E-state index < -0.39 is 6.09 Å². The molecule has 202 valence electrons. The molecule has 1 aliphatic heterocycles. The van der Waals surface area contributed by atoms with E-state index >= 15 is 0 Å². The number of aromatic nitrogens is 2. The van der Waals surface area contributed by atoms with Gasteiger partial charge in [0.05, 0.1) is 11.2 Å². The number of ether oxygens (including phenoxy) is 1. The van der Waals surface area contributed by atoms with Crippen LogP contribution in [0.3, 0.4) is 0 Å². The quantitative estimate of drug-likeness (QED) is 0.444. The van der Waals surface area contributed by atoms with Gasteiger partial charge in [0.2, 0.25) is 5.91 Å². The van der Waals surface area contributed by atoms with Crippen molar-refractivity contribution in [1.29, 1.82) is 0 Å². The van der Waals surface area contributed by atoms with Gasteiger partial charge in [-0.05, 0) is 64.9 Å². The highest BCUT2D eigenvalue weighted by atomic mass is 16.5. The zero-order valence-corrected chi connectivity index (χ0v) is 22.9. The summed E-state index contributed by atoms with van der Waals surface area (Å²) < 4.78 is 7.13. The maximum Gasteiger partial charge on any atom is 0.407 e. The van der Waals surface area contributed by atoms with Crippen molar-refractivity contribution in [2.24, 2.45) is 0 Å². The highest BCUT2D eigenvalue weighted by Gasteiger charge is 2.40. The lowest BCUT2D eigenvalue weighted by Crippen LogP contribution is -2.42. The van der Waals surface area contributed by atoms with Gasteiger partial charge in [-0.1, -0.05) is 60.7 Å². The number of carbonyl (C=O) groups excluding carboxylic acids is 2. The van der Waals surface area contributed by atoms with E-state index in [1.165, 1.54) is 5.56 Å². The van der Waals surface area contributed by atoms with Crippen LogP contribution >= 0.6 is 0 Å². The van der Waals surface area contributed by atoms with Gasteiger partial charge in [0.25, 0.3) is 0 Å². The molecule has 0 saturated carbocycles. The fraction of sp³-hybridized carbons (Fsp3) is 0.433. The van der Waals surface area contributed by atoms with Crippen molar-refractivity contribution < 1.29 is 14.3 Å². The van der Waals surface area contributed by atoms with Crippen molar-refractivity contribution in [3.63, 3.8) is 0 Å². The number of piperidine rings is 1. The Morgan fingerprint density at radius 1 is 1.00 bits per heavy atom. The maximum atomic E-state index is 12.9. The third kappa shape index (κ3) is 6.61. The number of anilines is 1. The summed E-state index contributed by atoms with van der Waals surface area (Å²) in [4.78, 5) is 27.3. The van der Waals surface area contributed by atoms with Crippen LogP contribution in [0.15, 0.2) is 66.7 Å². The molecular weight excluding hydrogens is 478 g/mol. The van der Waals surface area contributed by atoms with Crippen LogP contribution in [0.4, 0.5) is 10.6 Å². The number of benzene rings is 2. The van der Waals surface area contributed by atoms with Gasteiger partial charge in [-0.2, -0.15) is 5.10 Å². The lowest BCUT2D eigenvalue weighted by molar-refractivity contribution is -0.116. The van der Waals surface area contributed by atoms with E-state index in [0.29, 0.717) is 5.82 Å². The van der Waals surface area contributed by atoms with Crippen LogP contribution in [0.5, 0.6) is 0 Å². The molecule has 8 nitrogen and oxygen atoms in total. The second-order valence-electron chi connectivity index (χ2n) is 11.0. The average Bonchev–Trinajstić information content (AvgIpc) is 3.34. The summed E-state index contributed by atoms with van der Waals surface area (Å²) >= 11 is 0. The second-order valence-corrected chi connectivity index (χ2v) is 11.0. The number of amides is 2. The number of hydrogen-bond acceptors (Lipinski definition) is 5.